The second kappa shape index (κ2) is 11.5. The highest BCUT2D eigenvalue weighted by Crippen LogP contribution is 2.22. The Hall–Kier alpha value is -4.10. The molecule has 9 nitrogen and oxygen atoms in total. The summed E-state index contributed by atoms with van der Waals surface area (Å²) in [6.45, 7) is 4.43. The lowest BCUT2D eigenvalue weighted by molar-refractivity contribution is -0.157. The molecule has 9 heteroatoms. The summed E-state index contributed by atoms with van der Waals surface area (Å²) in [5.74, 6) is -4.20. The highest BCUT2D eigenvalue weighted by Gasteiger charge is 2.39. The Morgan fingerprint density at radius 1 is 0.939 bits per heavy atom. The van der Waals surface area contributed by atoms with Crippen molar-refractivity contribution in [1.29, 1.82) is 0 Å². The van der Waals surface area contributed by atoms with Crippen LogP contribution in [0.2, 0.25) is 0 Å². The minimum absolute atomic E-state index is 0.471. The zero-order valence-corrected chi connectivity index (χ0v) is 18.9. The molecule has 172 valence electrons. The van der Waals surface area contributed by atoms with E-state index in [1.54, 1.807) is 13.8 Å². The Kier molecular flexibility index (Phi) is 8.77. The number of carbonyl (C=O) groups excluding carboxylic acids is 4. The third-order valence-electron chi connectivity index (χ3n) is 4.92. The van der Waals surface area contributed by atoms with Gasteiger partial charge in [-0.1, -0.05) is 74.5 Å². The molecule has 0 aliphatic rings. The monoisotopic (exact) mass is 450 g/mol. The number of rotatable bonds is 8. The number of nitrogens with one attached hydrogen (secondary N) is 1. The molecular formula is C24H26N4O5. The van der Waals surface area contributed by atoms with Crippen molar-refractivity contribution >= 4 is 29.4 Å². The van der Waals surface area contributed by atoms with E-state index >= 15 is 0 Å². The Morgan fingerprint density at radius 3 is 1.82 bits per heavy atom. The van der Waals surface area contributed by atoms with Crippen LogP contribution in [0.5, 0.6) is 0 Å². The van der Waals surface area contributed by atoms with Crippen LogP contribution in [-0.2, 0) is 23.9 Å². The molecule has 0 fully saturated rings. The van der Waals surface area contributed by atoms with Crippen molar-refractivity contribution < 1.29 is 28.7 Å². The fourth-order valence-corrected chi connectivity index (χ4v) is 3.01. The first-order valence-electron chi connectivity index (χ1n) is 10.3. The zero-order chi connectivity index (χ0) is 24.5. The van der Waals surface area contributed by atoms with Gasteiger partial charge in [0, 0.05) is 14.0 Å². The predicted molar refractivity (Wildman–Crippen MR) is 120 cm³/mol. The number of esters is 1. The first-order chi connectivity index (χ1) is 15.7. The molecule has 1 atom stereocenters. The smallest absolute Gasteiger partial charge is 0.443 e. The number of hydrogen-bond donors (Lipinski definition) is 1. The number of hydrogen-bond acceptors (Lipinski definition) is 5. The van der Waals surface area contributed by atoms with E-state index in [-0.39, 0.29) is 0 Å². The molecule has 3 amide bonds. The Labute approximate surface area is 192 Å². The van der Waals surface area contributed by atoms with E-state index in [1.807, 2.05) is 60.7 Å². The molecule has 0 bridgehead atoms. The molecule has 0 aliphatic carbocycles. The van der Waals surface area contributed by atoms with Crippen molar-refractivity contribution in [2.75, 3.05) is 7.05 Å². The summed E-state index contributed by atoms with van der Waals surface area (Å²) < 4.78 is 5.25. The number of benzene rings is 2. The number of ether oxygens (including phenoxy) is 1. The highest BCUT2D eigenvalue weighted by molar-refractivity contribution is 6.62. The maximum atomic E-state index is 13.2. The van der Waals surface area contributed by atoms with Gasteiger partial charge < -0.3 is 15.6 Å². The summed E-state index contributed by atoms with van der Waals surface area (Å²) in [5, 5.41) is 2.90. The normalized spacial score (nSPS) is 11.3. The van der Waals surface area contributed by atoms with Gasteiger partial charge in [-0.15, -0.1) is 0 Å². The maximum Gasteiger partial charge on any atom is 0.463 e. The molecule has 2 rings (SSSR count). The SMILES string of the molecule is CC(=O)N(C)C(=O)C(=[N+]=[N-])C(=O)O[C@H](C(=O)NC(c1ccccc1)c1ccccc1)C(C)C. The van der Waals surface area contributed by atoms with Crippen molar-refractivity contribution in [2.24, 2.45) is 5.92 Å². The van der Waals surface area contributed by atoms with Gasteiger partial charge in [0.1, 0.15) is 0 Å². The van der Waals surface area contributed by atoms with Gasteiger partial charge in [-0.2, -0.15) is 4.79 Å². The largest absolute Gasteiger partial charge is 0.463 e. The summed E-state index contributed by atoms with van der Waals surface area (Å²) in [5.41, 5.74) is 9.79. The van der Waals surface area contributed by atoms with E-state index < -0.39 is 47.5 Å². The molecule has 0 heterocycles. The average Bonchev–Trinajstić information content (AvgIpc) is 2.81. The number of carbonyl (C=O) groups is 4. The van der Waals surface area contributed by atoms with Crippen LogP contribution < -0.4 is 5.32 Å². The highest BCUT2D eigenvalue weighted by atomic mass is 16.5. The summed E-state index contributed by atoms with van der Waals surface area (Å²) >= 11 is 0. The van der Waals surface area contributed by atoms with Crippen LogP contribution in [-0.4, -0.2) is 52.2 Å². The Bertz CT molecular complexity index is 1020. The van der Waals surface area contributed by atoms with E-state index in [1.165, 1.54) is 0 Å². The van der Waals surface area contributed by atoms with Gasteiger partial charge in [0.2, 0.25) is 5.91 Å². The number of imide groups is 1. The second-order valence-electron chi connectivity index (χ2n) is 7.66. The summed E-state index contributed by atoms with van der Waals surface area (Å²) in [4.78, 5) is 52.6. The van der Waals surface area contributed by atoms with Crippen molar-refractivity contribution in [3.8, 4) is 0 Å². The van der Waals surface area contributed by atoms with Gasteiger partial charge in [-0.25, -0.2) is 4.79 Å². The molecule has 1 N–H and O–H groups in total. The number of nitrogens with zero attached hydrogens (tertiary/aromatic N) is 3. The molecule has 0 aliphatic heterocycles. The third kappa shape index (κ3) is 6.44. The molecule has 2 aromatic rings. The Balaban J connectivity index is 2.28. The maximum absolute atomic E-state index is 13.2. The third-order valence-corrected chi connectivity index (χ3v) is 4.92. The molecule has 33 heavy (non-hydrogen) atoms. The standard InChI is InChI=1S/C24H26N4O5/c1-15(2)21(33-24(32)20(27-25)23(31)28(4)16(3)29)22(30)26-19(17-11-7-5-8-12-17)18-13-9-6-10-14-18/h5-15,19,21H,1-4H3,(H,26,30)/t21-/m0/s1. The zero-order valence-electron chi connectivity index (χ0n) is 18.9. The molecule has 0 radical (unpaired) electrons. The van der Waals surface area contributed by atoms with Gasteiger partial charge in [0.05, 0.1) is 6.04 Å². The molecule has 0 unspecified atom stereocenters. The number of amides is 3. The lowest BCUT2D eigenvalue weighted by Gasteiger charge is -2.25. The molecule has 0 spiro atoms. The lowest BCUT2D eigenvalue weighted by atomic mass is 9.97. The van der Waals surface area contributed by atoms with E-state index in [0.29, 0.717) is 4.90 Å². The molecule has 0 saturated carbocycles. The summed E-state index contributed by atoms with van der Waals surface area (Å²) in [6, 6.07) is 18.0. The van der Waals surface area contributed by atoms with Crippen LogP contribution in [0, 0.1) is 5.92 Å². The molecule has 0 aromatic heterocycles. The topological polar surface area (TPSA) is 129 Å². The van der Waals surface area contributed by atoms with Crippen molar-refractivity contribution in [3.63, 3.8) is 0 Å². The van der Waals surface area contributed by atoms with Gasteiger partial charge in [0.25, 0.3) is 5.91 Å². The predicted octanol–water partition coefficient (Wildman–Crippen LogP) is 2.14. The van der Waals surface area contributed by atoms with Crippen LogP contribution in [0.3, 0.4) is 0 Å². The quantitative estimate of drug-likeness (QED) is 0.217. The fraction of sp³-hybridized carbons (Fsp3) is 0.292. The van der Waals surface area contributed by atoms with Crippen LogP contribution in [0.4, 0.5) is 0 Å². The van der Waals surface area contributed by atoms with E-state index in [0.717, 1.165) is 25.1 Å². The fourth-order valence-electron chi connectivity index (χ4n) is 3.01. The first kappa shape index (κ1) is 25.2. The van der Waals surface area contributed by atoms with Crippen LogP contribution in [0.15, 0.2) is 60.7 Å². The van der Waals surface area contributed by atoms with Crippen LogP contribution in [0.25, 0.3) is 5.53 Å². The van der Waals surface area contributed by atoms with Crippen molar-refractivity contribution in [1.82, 2.24) is 10.2 Å². The molecule has 0 saturated heterocycles. The van der Waals surface area contributed by atoms with Crippen molar-refractivity contribution in [2.45, 2.75) is 32.9 Å². The molecular weight excluding hydrogens is 424 g/mol. The second-order valence-corrected chi connectivity index (χ2v) is 7.66. The van der Waals surface area contributed by atoms with Gasteiger partial charge in [-0.3, -0.25) is 19.3 Å². The average molecular weight is 450 g/mol. The first-order valence-corrected chi connectivity index (χ1v) is 10.3. The summed E-state index contributed by atoms with van der Waals surface area (Å²) in [6.07, 6.45) is -1.29. The minimum Gasteiger partial charge on any atom is -0.443 e. The van der Waals surface area contributed by atoms with Crippen LogP contribution in [0.1, 0.15) is 37.9 Å². The lowest BCUT2D eigenvalue weighted by Crippen LogP contribution is -2.46. The van der Waals surface area contributed by atoms with E-state index in [2.05, 4.69) is 10.1 Å². The van der Waals surface area contributed by atoms with E-state index in [9.17, 15) is 19.2 Å². The minimum atomic E-state index is -1.32. The summed E-state index contributed by atoms with van der Waals surface area (Å²) in [7, 11) is 1.13. The Morgan fingerprint density at radius 2 is 1.42 bits per heavy atom. The van der Waals surface area contributed by atoms with Gasteiger partial charge in [-0.05, 0) is 17.0 Å². The van der Waals surface area contributed by atoms with Crippen LogP contribution >= 0.6 is 0 Å². The van der Waals surface area contributed by atoms with Crippen molar-refractivity contribution in [3.05, 3.63) is 77.3 Å². The van der Waals surface area contributed by atoms with Gasteiger partial charge >= 0.3 is 17.6 Å². The van der Waals surface area contributed by atoms with Gasteiger partial charge in [0.15, 0.2) is 6.10 Å². The molecule has 2 aromatic carbocycles. The van der Waals surface area contributed by atoms with E-state index in [4.69, 9.17) is 10.3 Å².